The highest BCUT2D eigenvalue weighted by molar-refractivity contribution is 7.13. The Morgan fingerprint density at radius 2 is 2.31 bits per heavy atom. The minimum absolute atomic E-state index is 0.0261. The first-order valence-corrected chi connectivity index (χ1v) is 6.24. The van der Waals surface area contributed by atoms with Gasteiger partial charge in [0.05, 0.1) is 10.6 Å². The largest absolute Gasteiger partial charge is 0.310 e. The zero-order valence-corrected chi connectivity index (χ0v) is 10.2. The third-order valence-corrected chi connectivity index (χ3v) is 3.32. The lowest BCUT2D eigenvalue weighted by atomic mass is 10.2. The van der Waals surface area contributed by atoms with Crippen LogP contribution in [0.1, 0.15) is 24.7 Å². The van der Waals surface area contributed by atoms with E-state index in [1.54, 1.807) is 11.3 Å². The molecule has 0 aliphatic heterocycles. The Balaban J connectivity index is 2.56. The molecule has 0 aromatic carbocycles. The molecule has 0 atom stereocenters. The number of nitrogens with zero attached hydrogens (tertiary/aromatic N) is 1. The van der Waals surface area contributed by atoms with Gasteiger partial charge in [-0.15, -0.1) is 11.3 Å². The highest BCUT2D eigenvalue weighted by Crippen LogP contribution is 2.24. The van der Waals surface area contributed by atoms with Gasteiger partial charge in [0.15, 0.2) is 0 Å². The highest BCUT2D eigenvalue weighted by Gasteiger charge is 2.09. The van der Waals surface area contributed by atoms with Crippen LogP contribution in [0.2, 0.25) is 0 Å². The maximum absolute atomic E-state index is 11.7. The lowest BCUT2D eigenvalue weighted by Gasteiger charge is -2.04. The number of rotatable bonds is 3. The normalized spacial score (nSPS) is 10.6. The van der Waals surface area contributed by atoms with Gasteiger partial charge >= 0.3 is 0 Å². The molecule has 0 saturated heterocycles. The van der Waals surface area contributed by atoms with Crippen LogP contribution in [0.4, 0.5) is 0 Å². The Morgan fingerprint density at radius 1 is 1.50 bits per heavy atom. The first-order chi connectivity index (χ1) is 7.72. The van der Waals surface area contributed by atoms with Gasteiger partial charge in [0, 0.05) is 12.0 Å². The molecule has 16 heavy (non-hydrogen) atoms. The van der Waals surface area contributed by atoms with E-state index in [0.29, 0.717) is 5.56 Å². The monoisotopic (exact) mass is 234 g/mol. The maximum atomic E-state index is 11.7. The molecule has 0 spiro atoms. The number of aromatic amines is 1. The number of hydrogen-bond donors (Lipinski definition) is 1. The molecule has 0 aliphatic carbocycles. The smallest absolute Gasteiger partial charge is 0.254 e. The maximum Gasteiger partial charge on any atom is 0.254 e. The van der Waals surface area contributed by atoms with Crippen molar-refractivity contribution in [3.63, 3.8) is 0 Å². The van der Waals surface area contributed by atoms with Gasteiger partial charge < -0.3 is 4.98 Å². The summed E-state index contributed by atoms with van der Waals surface area (Å²) >= 11 is 1.61. The Kier molecular flexibility index (Phi) is 3.19. The molecule has 2 heterocycles. The van der Waals surface area contributed by atoms with Crippen LogP contribution in [0.25, 0.3) is 10.6 Å². The van der Waals surface area contributed by atoms with Crippen LogP contribution in [0.5, 0.6) is 0 Å². The number of nitrogens with one attached hydrogen (secondary N) is 1. The molecule has 84 valence electrons. The first kappa shape index (κ1) is 11.1. The van der Waals surface area contributed by atoms with Crippen LogP contribution >= 0.6 is 11.3 Å². The van der Waals surface area contributed by atoms with Crippen molar-refractivity contribution in [2.75, 3.05) is 0 Å². The summed E-state index contributed by atoms with van der Waals surface area (Å²) in [5.41, 5.74) is 1.49. The number of thiophene rings is 1. The van der Waals surface area contributed by atoms with E-state index in [9.17, 15) is 4.79 Å². The molecule has 0 aliphatic rings. The van der Waals surface area contributed by atoms with Gasteiger partial charge in [-0.05, 0) is 24.8 Å². The molecular weight excluding hydrogens is 220 g/mol. The van der Waals surface area contributed by atoms with Crippen LogP contribution in [-0.2, 0) is 6.42 Å². The Labute approximate surface area is 98.2 Å². The quantitative estimate of drug-likeness (QED) is 0.887. The molecule has 2 rings (SSSR count). The van der Waals surface area contributed by atoms with E-state index in [1.165, 1.54) is 0 Å². The lowest BCUT2D eigenvalue weighted by molar-refractivity contribution is 0.823. The van der Waals surface area contributed by atoms with Gasteiger partial charge in [-0.25, -0.2) is 4.98 Å². The average molecular weight is 234 g/mol. The zero-order chi connectivity index (χ0) is 11.5. The summed E-state index contributed by atoms with van der Waals surface area (Å²) in [6.45, 7) is 3.89. The van der Waals surface area contributed by atoms with Gasteiger partial charge in [0.25, 0.3) is 5.56 Å². The average Bonchev–Trinajstić information content (AvgIpc) is 2.76. The van der Waals surface area contributed by atoms with Crippen molar-refractivity contribution in [2.24, 2.45) is 0 Å². The van der Waals surface area contributed by atoms with Crippen LogP contribution in [0.3, 0.4) is 0 Å². The van der Waals surface area contributed by atoms with E-state index in [2.05, 4.69) is 16.9 Å². The van der Waals surface area contributed by atoms with Crippen molar-refractivity contribution in [1.82, 2.24) is 9.97 Å². The van der Waals surface area contributed by atoms with E-state index in [-0.39, 0.29) is 5.56 Å². The van der Waals surface area contributed by atoms with Crippen molar-refractivity contribution in [2.45, 2.75) is 26.7 Å². The van der Waals surface area contributed by atoms with Crippen LogP contribution in [-0.4, -0.2) is 9.97 Å². The molecule has 0 bridgehead atoms. The van der Waals surface area contributed by atoms with Gasteiger partial charge in [0.2, 0.25) is 0 Å². The lowest BCUT2D eigenvalue weighted by Crippen LogP contribution is -2.15. The fourth-order valence-electron chi connectivity index (χ4n) is 1.59. The fourth-order valence-corrected chi connectivity index (χ4v) is 2.36. The standard InChI is InChI=1S/C12H14N2OS/c1-3-5-10-13-11(8(2)12(15)14-10)9-6-4-7-16-9/h4,6-7H,3,5H2,1-2H3,(H,13,14,15). The van der Waals surface area contributed by atoms with Crippen LogP contribution in [0, 0.1) is 6.92 Å². The van der Waals surface area contributed by atoms with Gasteiger partial charge in [-0.1, -0.05) is 13.0 Å². The summed E-state index contributed by atoms with van der Waals surface area (Å²) in [6.07, 6.45) is 1.80. The second kappa shape index (κ2) is 4.61. The van der Waals surface area contributed by atoms with Crippen molar-refractivity contribution in [1.29, 1.82) is 0 Å². The van der Waals surface area contributed by atoms with E-state index in [1.807, 2.05) is 24.4 Å². The van der Waals surface area contributed by atoms with Crippen molar-refractivity contribution in [3.05, 3.63) is 39.3 Å². The Bertz CT molecular complexity index is 528. The molecule has 0 fully saturated rings. The molecule has 0 unspecified atom stereocenters. The van der Waals surface area contributed by atoms with E-state index < -0.39 is 0 Å². The molecule has 1 N–H and O–H groups in total. The summed E-state index contributed by atoms with van der Waals surface area (Å²) in [6, 6.07) is 3.97. The molecular formula is C12H14N2OS. The van der Waals surface area contributed by atoms with Crippen molar-refractivity contribution >= 4 is 11.3 Å². The molecule has 0 radical (unpaired) electrons. The Morgan fingerprint density at radius 3 is 2.94 bits per heavy atom. The number of H-pyrrole nitrogens is 1. The first-order valence-electron chi connectivity index (χ1n) is 5.36. The molecule has 2 aromatic heterocycles. The highest BCUT2D eigenvalue weighted by atomic mass is 32.1. The summed E-state index contributed by atoms with van der Waals surface area (Å²) in [4.78, 5) is 20.1. The van der Waals surface area contributed by atoms with E-state index in [0.717, 1.165) is 29.2 Å². The van der Waals surface area contributed by atoms with E-state index >= 15 is 0 Å². The van der Waals surface area contributed by atoms with Crippen molar-refractivity contribution < 1.29 is 0 Å². The SMILES string of the molecule is CCCc1nc(-c2cccs2)c(C)c(=O)[nH]1. The van der Waals surface area contributed by atoms with Gasteiger partial charge in [-0.2, -0.15) is 0 Å². The van der Waals surface area contributed by atoms with Crippen LogP contribution < -0.4 is 5.56 Å². The Hall–Kier alpha value is -1.42. The molecule has 3 nitrogen and oxygen atoms in total. The third kappa shape index (κ3) is 2.07. The summed E-state index contributed by atoms with van der Waals surface area (Å²) < 4.78 is 0. The van der Waals surface area contributed by atoms with E-state index in [4.69, 9.17) is 0 Å². The number of aromatic nitrogens is 2. The topological polar surface area (TPSA) is 45.8 Å². The predicted octanol–water partition coefficient (Wildman–Crippen LogP) is 2.76. The third-order valence-electron chi connectivity index (χ3n) is 2.44. The second-order valence-electron chi connectivity index (χ2n) is 3.71. The van der Waals surface area contributed by atoms with Crippen molar-refractivity contribution in [3.8, 4) is 10.6 Å². The number of hydrogen-bond acceptors (Lipinski definition) is 3. The minimum Gasteiger partial charge on any atom is -0.310 e. The van der Waals surface area contributed by atoms with Gasteiger partial charge in [0.1, 0.15) is 5.82 Å². The summed E-state index contributed by atoms with van der Waals surface area (Å²) in [7, 11) is 0. The molecule has 2 aromatic rings. The summed E-state index contributed by atoms with van der Waals surface area (Å²) in [5, 5.41) is 2.00. The number of aryl methyl sites for hydroxylation is 1. The predicted molar refractivity (Wildman–Crippen MR) is 66.9 cm³/mol. The fraction of sp³-hybridized carbons (Fsp3) is 0.333. The summed E-state index contributed by atoms with van der Waals surface area (Å²) in [5.74, 6) is 0.779. The molecule has 0 saturated carbocycles. The molecule has 0 amide bonds. The van der Waals surface area contributed by atoms with Crippen LogP contribution in [0.15, 0.2) is 22.3 Å². The zero-order valence-electron chi connectivity index (χ0n) is 9.41. The molecule has 4 heteroatoms. The second-order valence-corrected chi connectivity index (χ2v) is 4.66. The van der Waals surface area contributed by atoms with Gasteiger partial charge in [-0.3, -0.25) is 4.79 Å². The minimum atomic E-state index is -0.0261.